The van der Waals surface area contributed by atoms with E-state index in [-0.39, 0.29) is 18.4 Å². The maximum Gasteiger partial charge on any atom is 0.260 e. The van der Waals surface area contributed by atoms with Crippen LogP contribution in [0.1, 0.15) is 29.7 Å². The third kappa shape index (κ3) is 6.63. The predicted octanol–water partition coefficient (Wildman–Crippen LogP) is 5.04. The highest BCUT2D eigenvalue weighted by molar-refractivity contribution is 7.98. The second-order valence-corrected chi connectivity index (χ2v) is 11.6. The summed E-state index contributed by atoms with van der Waals surface area (Å²) in [6, 6.07) is 24.7. The van der Waals surface area contributed by atoms with Crippen molar-refractivity contribution in [2.75, 3.05) is 43.5 Å². The number of nitrogens with one attached hydrogen (secondary N) is 2. The molecule has 1 unspecified atom stereocenters. The molecule has 1 aromatic heterocycles. The molecule has 0 radical (unpaired) electrons. The van der Waals surface area contributed by atoms with E-state index in [2.05, 4.69) is 22.8 Å². The highest BCUT2D eigenvalue weighted by Gasteiger charge is 2.34. The molecule has 0 aliphatic carbocycles. The summed E-state index contributed by atoms with van der Waals surface area (Å²) < 4.78 is 12.9. The maximum absolute atomic E-state index is 13.9. The molecule has 2 amide bonds. The van der Waals surface area contributed by atoms with Crippen LogP contribution in [-0.2, 0) is 20.1 Å². The van der Waals surface area contributed by atoms with Crippen LogP contribution >= 0.6 is 11.8 Å². The van der Waals surface area contributed by atoms with E-state index in [0.717, 1.165) is 22.6 Å². The van der Waals surface area contributed by atoms with E-state index in [0.29, 0.717) is 54.4 Å². The molecule has 2 aliphatic heterocycles. The monoisotopic (exact) mass is 610 g/mol. The number of para-hydroxylation sites is 1. The second-order valence-electron chi connectivity index (χ2n) is 10.6. The van der Waals surface area contributed by atoms with Crippen molar-refractivity contribution in [1.82, 2.24) is 19.7 Å². The lowest BCUT2D eigenvalue weighted by atomic mass is 9.95. The van der Waals surface area contributed by atoms with E-state index in [1.54, 1.807) is 9.58 Å². The van der Waals surface area contributed by atoms with Crippen LogP contribution in [0.2, 0.25) is 0 Å². The lowest BCUT2D eigenvalue weighted by Gasteiger charge is -2.29. The number of nitrogens with zero attached hydrogens (tertiary/aromatic N) is 4. The maximum atomic E-state index is 13.9. The number of fused-ring (bicyclic) bond motifs is 1. The average Bonchev–Trinajstić information content (AvgIpc) is 3.46. The molecule has 1 fully saturated rings. The van der Waals surface area contributed by atoms with Crippen LogP contribution in [0.4, 0.5) is 11.6 Å². The van der Waals surface area contributed by atoms with Gasteiger partial charge >= 0.3 is 0 Å². The molecule has 0 saturated carbocycles. The quantitative estimate of drug-likeness (QED) is 0.254. The van der Waals surface area contributed by atoms with Gasteiger partial charge in [0.2, 0.25) is 11.1 Å². The van der Waals surface area contributed by atoms with Crippen molar-refractivity contribution in [2.45, 2.75) is 30.8 Å². The number of hydrogen-bond donors (Lipinski definition) is 2. The lowest BCUT2D eigenvalue weighted by Crippen LogP contribution is -2.42. The molecule has 10 nitrogen and oxygen atoms in total. The van der Waals surface area contributed by atoms with Crippen molar-refractivity contribution in [2.24, 2.45) is 0 Å². The fraction of sp³-hybridized carbons (Fsp3) is 0.273. The summed E-state index contributed by atoms with van der Waals surface area (Å²) >= 11 is 1.54. The number of carbonyl (C=O) groups excluding carboxylic acids is 2. The van der Waals surface area contributed by atoms with Gasteiger partial charge in [0, 0.05) is 30.2 Å². The van der Waals surface area contributed by atoms with Gasteiger partial charge in [0.1, 0.15) is 11.8 Å². The van der Waals surface area contributed by atoms with Gasteiger partial charge < -0.3 is 25.0 Å². The van der Waals surface area contributed by atoms with Gasteiger partial charge in [-0.2, -0.15) is 4.98 Å². The lowest BCUT2D eigenvalue weighted by molar-refractivity contribution is -0.137. The zero-order valence-electron chi connectivity index (χ0n) is 24.7. The summed E-state index contributed by atoms with van der Waals surface area (Å²) in [5.41, 5.74) is 4.93. The van der Waals surface area contributed by atoms with Gasteiger partial charge in [-0.05, 0) is 48.7 Å². The van der Waals surface area contributed by atoms with Crippen molar-refractivity contribution < 1.29 is 19.1 Å². The number of morpholine rings is 1. The Kier molecular flexibility index (Phi) is 8.94. The van der Waals surface area contributed by atoms with Crippen LogP contribution in [0.3, 0.4) is 0 Å². The molecule has 44 heavy (non-hydrogen) atoms. The largest absolute Gasteiger partial charge is 0.484 e. The Morgan fingerprint density at radius 1 is 1.00 bits per heavy atom. The molecule has 2 aliphatic rings. The van der Waals surface area contributed by atoms with Crippen molar-refractivity contribution in [3.05, 3.63) is 107 Å². The summed E-state index contributed by atoms with van der Waals surface area (Å²) in [6.07, 6.45) is 0. The Balaban J connectivity index is 1.26. The fourth-order valence-corrected chi connectivity index (χ4v) is 6.00. The number of aryl methyl sites for hydroxylation is 1. The van der Waals surface area contributed by atoms with Crippen molar-refractivity contribution in [3.63, 3.8) is 0 Å². The predicted molar refractivity (Wildman–Crippen MR) is 170 cm³/mol. The van der Waals surface area contributed by atoms with Crippen molar-refractivity contribution in [1.29, 1.82) is 0 Å². The number of anilines is 2. The SMILES string of the molecule is CC1=C(C(=O)Nc2ccccc2C)C(c2ccc(OCC(=O)N3CCOCC3)cc2)n2nc(SCc3ccccc3)nc2N1. The molecule has 11 heteroatoms. The molecule has 0 bridgehead atoms. The van der Waals surface area contributed by atoms with Gasteiger partial charge in [0.05, 0.1) is 18.8 Å². The Bertz CT molecular complexity index is 1670. The first kappa shape index (κ1) is 29.5. The molecule has 6 rings (SSSR count). The van der Waals surface area contributed by atoms with Crippen molar-refractivity contribution >= 4 is 35.2 Å². The van der Waals surface area contributed by atoms with E-state index >= 15 is 0 Å². The van der Waals surface area contributed by atoms with Gasteiger partial charge in [-0.25, -0.2) is 4.68 Å². The molecule has 1 atom stereocenters. The number of thioether (sulfide) groups is 1. The van der Waals surface area contributed by atoms with Crippen LogP contribution < -0.4 is 15.4 Å². The molecular formula is C33H34N6O4S. The van der Waals surface area contributed by atoms with Gasteiger partial charge in [-0.1, -0.05) is 72.4 Å². The number of rotatable bonds is 9. The number of ether oxygens (including phenoxy) is 2. The second kappa shape index (κ2) is 13.4. The number of carbonyl (C=O) groups is 2. The number of amides is 2. The highest BCUT2D eigenvalue weighted by Crippen LogP contribution is 2.37. The summed E-state index contributed by atoms with van der Waals surface area (Å²) in [5, 5.41) is 11.9. The summed E-state index contributed by atoms with van der Waals surface area (Å²) in [5.74, 6) is 1.54. The third-order valence-corrected chi connectivity index (χ3v) is 8.51. The molecule has 226 valence electrons. The average molecular weight is 611 g/mol. The number of aromatic nitrogens is 3. The van der Waals surface area contributed by atoms with Gasteiger partial charge in [0.15, 0.2) is 6.61 Å². The number of benzene rings is 3. The van der Waals surface area contributed by atoms with E-state index < -0.39 is 6.04 Å². The first-order valence-electron chi connectivity index (χ1n) is 14.5. The zero-order chi connectivity index (χ0) is 30.5. The van der Waals surface area contributed by atoms with Crippen LogP contribution in [0, 0.1) is 6.92 Å². The van der Waals surface area contributed by atoms with Gasteiger partial charge in [-0.15, -0.1) is 5.10 Å². The zero-order valence-corrected chi connectivity index (χ0v) is 25.5. The normalized spacial score (nSPS) is 16.2. The third-order valence-electron chi connectivity index (χ3n) is 7.60. The standard InChI is InChI=1S/C33H34N6O4S/c1-22-8-6-7-11-27(22)35-31(41)29-23(2)34-32-36-33(44-21-24-9-4-3-5-10-24)37-39(32)30(29)25-12-14-26(15-13-25)43-20-28(40)38-16-18-42-19-17-38/h3-15,30H,16-21H2,1-2H3,(H,35,41)(H,34,36,37). The van der Waals surface area contributed by atoms with E-state index in [9.17, 15) is 9.59 Å². The molecule has 3 aromatic carbocycles. The minimum absolute atomic E-state index is 0.0506. The van der Waals surface area contributed by atoms with E-state index in [1.165, 1.54) is 17.3 Å². The first-order chi connectivity index (χ1) is 21.5. The number of hydrogen-bond acceptors (Lipinski definition) is 8. The number of allylic oxidation sites excluding steroid dienone is 1. The summed E-state index contributed by atoms with van der Waals surface area (Å²) in [6.45, 7) is 6.01. The van der Waals surface area contributed by atoms with Gasteiger partial charge in [0.25, 0.3) is 11.8 Å². The van der Waals surface area contributed by atoms with Crippen LogP contribution in [0.25, 0.3) is 0 Å². The van der Waals surface area contributed by atoms with Crippen LogP contribution in [0.15, 0.2) is 95.3 Å². The van der Waals surface area contributed by atoms with E-state index in [4.69, 9.17) is 19.6 Å². The molecule has 2 N–H and O–H groups in total. The minimum Gasteiger partial charge on any atom is -0.484 e. The van der Waals surface area contributed by atoms with Crippen molar-refractivity contribution in [3.8, 4) is 5.75 Å². The Labute approximate surface area is 260 Å². The molecule has 3 heterocycles. The van der Waals surface area contributed by atoms with Crippen LogP contribution in [-0.4, -0.2) is 64.4 Å². The molecule has 4 aromatic rings. The highest BCUT2D eigenvalue weighted by atomic mass is 32.2. The summed E-state index contributed by atoms with van der Waals surface area (Å²) in [7, 11) is 0. The fourth-order valence-electron chi connectivity index (χ4n) is 5.22. The Morgan fingerprint density at radius 2 is 1.73 bits per heavy atom. The molecule has 0 spiro atoms. The summed E-state index contributed by atoms with van der Waals surface area (Å²) in [4.78, 5) is 33.0. The topological polar surface area (TPSA) is 111 Å². The Hall–Kier alpha value is -4.61. The smallest absolute Gasteiger partial charge is 0.260 e. The molecular weight excluding hydrogens is 576 g/mol. The minimum atomic E-state index is -0.544. The van der Waals surface area contributed by atoms with E-state index in [1.807, 2.05) is 80.6 Å². The first-order valence-corrected chi connectivity index (χ1v) is 15.5. The Morgan fingerprint density at radius 3 is 2.48 bits per heavy atom. The molecule has 1 saturated heterocycles. The van der Waals surface area contributed by atoms with Gasteiger partial charge in [-0.3, -0.25) is 9.59 Å². The van der Waals surface area contributed by atoms with Crippen LogP contribution in [0.5, 0.6) is 5.75 Å².